The van der Waals surface area contributed by atoms with Crippen LogP contribution < -0.4 is 5.32 Å². The van der Waals surface area contributed by atoms with E-state index < -0.39 is 0 Å². The van der Waals surface area contributed by atoms with Crippen LogP contribution in [0.1, 0.15) is 37.8 Å². The van der Waals surface area contributed by atoms with E-state index in [2.05, 4.69) is 54.7 Å². The number of rotatable bonds is 4. The predicted molar refractivity (Wildman–Crippen MR) is 83.9 cm³/mol. The Morgan fingerprint density at radius 1 is 1.10 bits per heavy atom. The second-order valence-corrected chi connectivity index (χ2v) is 5.77. The summed E-state index contributed by atoms with van der Waals surface area (Å²) in [7, 11) is 1.83. The summed E-state index contributed by atoms with van der Waals surface area (Å²) in [5, 5.41) is 6.43. The van der Waals surface area contributed by atoms with Gasteiger partial charge in [0.15, 0.2) is 0 Å². The van der Waals surface area contributed by atoms with Gasteiger partial charge in [0.05, 0.1) is 6.10 Å². The lowest BCUT2D eigenvalue weighted by Crippen LogP contribution is -2.38. The number of methoxy groups -OCH3 is 1. The van der Waals surface area contributed by atoms with Crippen molar-refractivity contribution in [3.8, 4) is 0 Å². The fraction of sp³-hybridized carbons (Fsp3) is 0.444. The maximum absolute atomic E-state index is 5.59. The highest BCUT2D eigenvalue weighted by Crippen LogP contribution is 2.28. The van der Waals surface area contributed by atoms with Crippen LogP contribution in [0.25, 0.3) is 10.8 Å². The first-order chi connectivity index (χ1) is 9.79. The van der Waals surface area contributed by atoms with E-state index in [4.69, 9.17) is 4.74 Å². The molecule has 3 atom stereocenters. The Hall–Kier alpha value is -1.38. The molecule has 2 aromatic carbocycles. The van der Waals surface area contributed by atoms with E-state index in [-0.39, 0.29) is 0 Å². The van der Waals surface area contributed by atoms with Crippen molar-refractivity contribution in [2.75, 3.05) is 7.11 Å². The van der Waals surface area contributed by atoms with E-state index in [1.165, 1.54) is 35.6 Å². The van der Waals surface area contributed by atoms with Crippen LogP contribution in [0.2, 0.25) is 0 Å². The number of hydrogen-bond donors (Lipinski definition) is 1. The number of ether oxygens (including phenoxy) is 1. The molecular formula is C18H23NO. The molecule has 3 unspecified atom stereocenters. The zero-order valence-corrected chi connectivity index (χ0v) is 12.3. The van der Waals surface area contributed by atoms with Gasteiger partial charge in [-0.15, -0.1) is 0 Å². The van der Waals surface area contributed by atoms with Gasteiger partial charge >= 0.3 is 0 Å². The minimum absolute atomic E-state index is 0.349. The van der Waals surface area contributed by atoms with Crippen molar-refractivity contribution in [1.82, 2.24) is 5.32 Å². The highest BCUT2D eigenvalue weighted by molar-refractivity contribution is 5.86. The third-order valence-corrected chi connectivity index (χ3v) is 4.51. The molecule has 20 heavy (non-hydrogen) atoms. The largest absolute Gasteiger partial charge is 0.380 e. The van der Waals surface area contributed by atoms with Crippen molar-refractivity contribution >= 4 is 10.8 Å². The maximum atomic E-state index is 5.59. The van der Waals surface area contributed by atoms with Crippen molar-refractivity contribution in [2.24, 2.45) is 0 Å². The van der Waals surface area contributed by atoms with Gasteiger partial charge in [-0.1, -0.05) is 42.5 Å². The van der Waals surface area contributed by atoms with Crippen LogP contribution in [0.15, 0.2) is 42.5 Å². The molecule has 1 N–H and O–H groups in total. The van der Waals surface area contributed by atoms with Crippen LogP contribution in [-0.4, -0.2) is 19.3 Å². The van der Waals surface area contributed by atoms with Crippen molar-refractivity contribution in [2.45, 2.75) is 44.4 Å². The molecule has 0 radical (unpaired) electrons. The van der Waals surface area contributed by atoms with E-state index in [9.17, 15) is 0 Å². The van der Waals surface area contributed by atoms with Gasteiger partial charge in [-0.05, 0) is 42.5 Å². The smallest absolute Gasteiger partial charge is 0.0724 e. The van der Waals surface area contributed by atoms with Gasteiger partial charge in [0.1, 0.15) is 0 Å². The Kier molecular flexibility index (Phi) is 4.04. The van der Waals surface area contributed by atoms with E-state index >= 15 is 0 Å². The Morgan fingerprint density at radius 3 is 2.75 bits per heavy atom. The number of hydrogen-bond acceptors (Lipinski definition) is 2. The Labute approximate surface area is 121 Å². The molecule has 0 bridgehead atoms. The summed E-state index contributed by atoms with van der Waals surface area (Å²) in [6.07, 6.45) is 4.02. The summed E-state index contributed by atoms with van der Waals surface area (Å²) in [6, 6.07) is 16.0. The molecule has 0 spiro atoms. The topological polar surface area (TPSA) is 21.3 Å². The lowest BCUT2D eigenvalue weighted by Gasteiger charge is -2.25. The zero-order valence-electron chi connectivity index (χ0n) is 12.3. The zero-order chi connectivity index (χ0) is 13.9. The molecule has 106 valence electrons. The molecule has 1 saturated carbocycles. The molecule has 0 heterocycles. The first-order valence-electron chi connectivity index (χ1n) is 7.56. The standard InChI is InChI=1S/C18H23NO/c1-13(19-17-11-6-12-18(17)20-2)15-10-5-8-14-7-3-4-9-16(14)15/h3-5,7-10,13,17-19H,6,11-12H2,1-2H3. The van der Waals surface area contributed by atoms with Gasteiger partial charge in [0.25, 0.3) is 0 Å². The monoisotopic (exact) mass is 269 g/mol. The van der Waals surface area contributed by atoms with Gasteiger partial charge in [-0.3, -0.25) is 0 Å². The van der Waals surface area contributed by atoms with Crippen molar-refractivity contribution in [3.05, 3.63) is 48.0 Å². The quantitative estimate of drug-likeness (QED) is 0.904. The average molecular weight is 269 g/mol. The third kappa shape index (κ3) is 2.58. The minimum atomic E-state index is 0.349. The van der Waals surface area contributed by atoms with Crippen molar-refractivity contribution < 1.29 is 4.74 Å². The fourth-order valence-electron chi connectivity index (χ4n) is 3.44. The van der Waals surface area contributed by atoms with E-state index in [0.717, 1.165) is 0 Å². The van der Waals surface area contributed by atoms with Gasteiger partial charge in [0.2, 0.25) is 0 Å². The van der Waals surface area contributed by atoms with Crippen molar-refractivity contribution in [3.63, 3.8) is 0 Å². The summed E-state index contributed by atoms with van der Waals surface area (Å²) in [5.41, 5.74) is 1.38. The highest BCUT2D eigenvalue weighted by Gasteiger charge is 2.28. The lowest BCUT2D eigenvalue weighted by molar-refractivity contribution is 0.0820. The Balaban J connectivity index is 1.83. The van der Waals surface area contributed by atoms with Crippen LogP contribution >= 0.6 is 0 Å². The fourth-order valence-corrected chi connectivity index (χ4v) is 3.44. The molecule has 2 aromatic rings. The molecule has 0 saturated heterocycles. The summed E-state index contributed by atoms with van der Waals surface area (Å²) < 4.78 is 5.59. The van der Waals surface area contributed by atoms with E-state index in [1.807, 2.05) is 7.11 Å². The first kappa shape index (κ1) is 13.6. The molecule has 2 nitrogen and oxygen atoms in total. The highest BCUT2D eigenvalue weighted by atomic mass is 16.5. The summed E-state index contributed by atoms with van der Waals surface area (Å²) >= 11 is 0. The number of fused-ring (bicyclic) bond motifs is 1. The maximum Gasteiger partial charge on any atom is 0.0724 e. The van der Waals surface area contributed by atoms with Crippen LogP contribution in [-0.2, 0) is 4.74 Å². The van der Waals surface area contributed by atoms with Gasteiger partial charge in [-0.25, -0.2) is 0 Å². The van der Waals surface area contributed by atoms with Gasteiger partial charge in [0, 0.05) is 19.2 Å². The molecule has 1 aliphatic rings. The summed E-state index contributed by atoms with van der Waals surface area (Å²) in [5.74, 6) is 0. The molecule has 1 aliphatic carbocycles. The van der Waals surface area contributed by atoms with E-state index in [1.54, 1.807) is 0 Å². The van der Waals surface area contributed by atoms with E-state index in [0.29, 0.717) is 18.2 Å². The molecular weight excluding hydrogens is 246 g/mol. The SMILES string of the molecule is COC1CCCC1NC(C)c1cccc2ccccc12. The van der Waals surface area contributed by atoms with Crippen molar-refractivity contribution in [1.29, 1.82) is 0 Å². The Bertz CT molecular complexity index is 575. The summed E-state index contributed by atoms with van der Waals surface area (Å²) in [4.78, 5) is 0. The second-order valence-electron chi connectivity index (χ2n) is 5.77. The normalized spacial score (nSPS) is 24.1. The third-order valence-electron chi connectivity index (χ3n) is 4.51. The van der Waals surface area contributed by atoms with Crippen LogP contribution in [0.4, 0.5) is 0 Å². The summed E-state index contributed by atoms with van der Waals surface area (Å²) in [6.45, 7) is 2.26. The van der Waals surface area contributed by atoms with Crippen LogP contribution in [0.5, 0.6) is 0 Å². The number of nitrogens with one attached hydrogen (secondary N) is 1. The van der Waals surface area contributed by atoms with Gasteiger partial charge < -0.3 is 10.1 Å². The second kappa shape index (κ2) is 5.94. The van der Waals surface area contributed by atoms with Gasteiger partial charge in [-0.2, -0.15) is 0 Å². The first-order valence-corrected chi connectivity index (χ1v) is 7.56. The predicted octanol–water partition coefficient (Wildman–Crippen LogP) is 4.06. The Morgan fingerprint density at radius 2 is 1.90 bits per heavy atom. The molecule has 0 aliphatic heterocycles. The molecule has 2 heteroatoms. The average Bonchev–Trinajstić information content (AvgIpc) is 2.93. The lowest BCUT2D eigenvalue weighted by atomic mass is 9.99. The minimum Gasteiger partial charge on any atom is -0.380 e. The molecule has 0 amide bonds. The molecule has 1 fully saturated rings. The molecule has 0 aromatic heterocycles. The number of benzene rings is 2. The van der Waals surface area contributed by atoms with Crippen LogP contribution in [0.3, 0.4) is 0 Å². The molecule has 3 rings (SSSR count). The van der Waals surface area contributed by atoms with Crippen LogP contribution in [0, 0.1) is 0 Å².